The topological polar surface area (TPSA) is 50.7 Å². The Bertz CT molecular complexity index is 477. The monoisotopic (exact) mass is 313 g/mol. The molecule has 118 valence electrons. The van der Waals surface area contributed by atoms with E-state index >= 15 is 0 Å². The van der Waals surface area contributed by atoms with Gasteiger partial charge in [0, 0.05) is 19.7 Å². The van der Waals surface area contributed by atoms with Crippen molar-refractivity contribution < 1.29 is 14.6 Å². The van der Waals surface area contributed by atoms with Crippen molar-refractivity contribution >= 4 is 11.6 Å². The van der Waals surface area contributed by atoms with Gasteiger partial charge in [-0.3, -0.25) is 0 Å². The molecule has 0 amide bonds. The van der Waals surface area contributed by atoms with Crippen molar-refractivity contribution in [3.63, 3.8) is 0 Å². The second kappa shape index (κ2) is 7.34. The predicted molar refractivity (Wildman–Crippen MR) is 84.2 cm³/mol. The van der Waals surface area contributed by atoms with Crippen molar-refractivity contribution in [2.24, 2.45) is 5.41 Å². The molecule has 0 fully saturated rings. The summed E-state index contributed by atoms with van der Waals surface area (Å²) in [7, 11) is 0. The summed E-state index contributed by atoms with van der Waals surface area (Å²) in [5.41, 5.74) is 1.25. The Morgan fingerprint density at radius 2 is 2.05 bits per heavy atom. The van der Waals surface area contributed by atoms with E-state index in [2.05, 4.69) is 19.2 Å². The number of fused-ring (bicyclic) bond motifs is 1. The van der Waals surface area contributed by atoms with E-state index in [9.17, 15) is 0 Å². The van der Waals surface area contributed by atoms with Crippen molar-refractivity contribution in [2.75, 3.05) is 26.4 Å². The number of benzene rings is 1. The standard InChI is InChI=1S/C16H24ClNO3/c1-16(2,4-3-5-19)11-18-10-12-8-13(17)15-14(9-12)20-6-7-21-15/h8-9,18-19H,3-7,10-11H2,1-2H3. The van der Waals surface area contributed by atoms with Gasteiger partial charge in [-0.1, -0.05) is 25.4 Å². The van der Waals surface area contributed by atoms with Crippen molar-refractivity contribution in [3.05, 3.63) is 22.7 Å². The summed E-state index contributed by atoms with van der Waals surface area (Å²) >= 11 is 6.22. The molecule has 0 radical (unpaired) electrons. The van der Waals surface area contributed by atoms with Crippen LogP contribution in [-0.4, -0.2) is 31.5 Å². The molecule has 2 N–H and O–H groups in total. The second-order valence-electron chi connectivity index (χ2n) is 6.20. The molecule has 0 saturated carbocycles. The van der Waals surface area contributed by atoms with E-state index in [-0.39, 0.29) is 12.0 Å². The van der Waals surface area contributed by atoms with Crippen LogP contribution in [0, 0.1) is 5.41 Å². The Morgan fingerprint density at radius 3 is 2.81 bits per heavy atom. The first-order valence-electron chi connectivity index (χ1n) is 7.41. The zero-order valence-electron chi connectivity index (χ0n) is 12.7. The lowest BCUT2D eigenvalue weighted by atomic mass is 9.88. The van der Waals surface area contributed by atoms with E-state index in [1.54, 1.807) is 0 Å². The number of hydrogen-bond donors (Lipinski definition) is 2. The van der Waals surface area contributed by atoms with E-state index in [1.165, 1.54) is 0 Å². The van der Waals surface area contributed by atoms with Gasteiger partial charge in [0.05, 0.1) is 5.02 Å². The number of aliphatic hydroxyl groups excluding tert-OH is 1. The van der Waals surface area contributed by atoms with Crippen LogP contribution in [0.1, 0.15) is 32.3 Å². The maximum Gasteiger partial charge on any atom is 0.179 e. The Balaban J connectivity index is 1.90. The summed E-state index contributed by atoms with van der Waals surface area (Å²) in [4.78, 5) is 0. The molecule has 1 aromatic carbocycles. The normalized spacial score (nSPS) is 14.3. The van der Waals surface area contributed by atoms with Crippen LogP contribution in [0.3, 0.4) is 0 Å². The molecule has 0 aliphatic carbocycles. The van der Waals surface area contributed by atoms with E-state index in [0.717, 1.165) is 37.2 Å². The third kappa shape index (κ3) is 4.77. The Labute approximate surface area is 131 Å². The molecule has 0 unspecified atom stereocenters. The molecule has 2 rings (SSSR count). The minimum atomic E-state index is 0.167. The van der Waals surface area contributed by atoms with Crippen LogP contribution in [0.2, 0.25) is 5.02 Å². The summed E-state index contributed by atoms with van der Waals surface area (Å²) in [6.45, 7) is 7.38. The van der Waals surface area contributed by atoms with E-state index in [1.807, 2.05) is 12.1 Å². The summed E-state index contributed by atoms with van der Waals surface area (Å²) < 4.78 is 11.1. The van der Waals surface area contributed by atoms with E-state index in [4.69, 9.17) is 26.2 Å². The lowest BCUT2D eigenvalue weighted by molar-refractivity contribution is 0.171. The number of halogens is 1. The van der Waals surface area contributed by atoms with Gasteiger partial charge >= 0.3 is 0 Å². The van der Waals surface area contributed by atoms with E-state index in [0.29, 0.717) is 24.0 Å². The molecule has 1 heterocycles. The molecular formula is C16H24ClNO3. The molecule has 4 nitrogen and oxygen atoms in total. The third-order valence-corrected chi connectivity index (χ3v) is 3.88. The predicted octanol–water partition coefficient (Wildman–Crippen LogP) is 3.00. The molecule has 1 aliphatic heterocycles. The van der Waals surface area contributed by atoms with Crippen LogP contribution in [0.5, 0.6) is 11.5 Å². The van der Waals surface area contributed by atoms with Crippen molar-refractivity contribution in [3.8, 4) is 11.5 Å². The van der Waals surface area contributed by atoms with E-state index < -0.39 is 0 Å². The molecule has 1 aliphatic rings. The van der Waals surface area contributed by atoms with Gasteiger partial charge in [-0.2, -0.15) is 0 Å². The lowest BCUT2D eigenvalue weighted by Crippen LogP contribution is -2.29. The van der Waals surface area contributed by atoms with Gasteiger partial charge < -0.3 is 19.9 Å². The summed E-state index contributed by atoms with van der Waals surface area (Å²) in [5.74, 6) is 1.38. The fourth-order valence-corrected chi connectivity index (χ4v) is 2.75. The van der Waals surface area contributed by atoms with Gasteiger partial charge in [0.15, 0.2) is 11.5 Å². The number of hydrogen-bond acceptors (Lipinski definition) is 4. The van der Waals surface area contributed by atoms with Crippen LogP contribution < -0.4 is 14.8 Å². The van der Waals surface area contributed by atoms with Gasteiger partial charge in [0.25, 0.3) is 0 Å². The van der Waals surface area contributed by atoms with Gasteiger partial charge in [0.1, 0.15) is 13.2 Å². The SMILES string of the molecule is CC(C)(CCCO)CNCc1cc(Cl)c2c(c1)OCCO2. The minimum Gasteiger partial charge on any atom is -0.486 e. The summed E-state index contributed by atoms with van der Waals surface area (Å²) in [6.07, 6.45) is 1.84. The van der Waals surface area contributed by atoms with Crippen LogP contribution >= 0.6 is 11.6 Å². The zero-order valence-corrected chi connectivity index (χ0v) is 13.5. The van der Waals surface area contributed by atoms with Gasteiger partial charge in [0.2, 0.25) is 0 Å². The smallest absolute Gasteiger partial charge is 0.179 e. The van der Waals surface area contributed by atoms with Gasteiger partial charge in [-0.15, -0.1) is 0 Å². The third-order valence-electron chi connectivity index (χ3n) is 3.60. The molecular weight excluding hydrogens is 290 g/mol. The van der Waals surface area contributed by atoms with Crippen LogP contribution in [0.15, 0.2) is 12.1 Å². The Kier molecular flexibility index (Phi) is 5.73. The first kappa shape index (κ1) is 16.4. The van der Waals surface area contributed by atoms with Crippen LogP contribution in [0.4, 0.5) is 0 Å². The quantitative estimate of drug-likeness (QED) is 0.812. The van der Waals surface area contributed by atoms with Crippen LogP contribution in [0.25, 0.3) is 0 Å². The maximum absolute atomic E-state index is 8.92. The largest absolute Gasteiger partial charge is 0.486 e. The first-order valence-corrected chi connectivity index (χ1v) is 7.79. The molecule has 5 heteroatoms. The highest BCUT2D eigenvalue weighted by Gasteiger charge is 2.18. The highest BCUT2D eigenvalue weighted by atomic mass is 35.5. The molecule has 0 bridgehead atoms. The second-order valence-corrected chi connectivity index (χ2v) is 6.60. The number of rotatable bonds is 7. The average Bonchev–Trinajstić information content (AvgIpc) is 2.45. The molecule has 0 atom stereocenters. The Morgan fingerprint density at radius 1 is 1.29 bits per heavy atom. The summed E-state index contributed by atoms with van der Waals surface area (Å²) in [5, 5.41) is 13.0. The lowest BCUT2D eigenvalue weighted by Gasteiger charge is -2.25. The van der Waals surface area contributed by atoms with Crippen molar-refractivity contribution in [1.82, 2.24) is 5.32 Å². The van der Waals surface area contributed by atoms with Crippen molar-refractivity contribution in [2.45, 2.75) is 33.2 Å². The van der Waals surface area contributed by atoms with Crippen molar-refractivity contribution in [1.29, 1.82) is 0 Å². The molecule has 0 spiro atoms. The fourth-order valence-electron chi connectivity index (χ4n) is 2.46. The first-order chi connectivity index (χ1) is 10.0. The zero-order chi connectivity index (χ0) is 15.3. The molecule has 0 saturated heterocycles. The molecule has 21 heavy (non-hydrogen) atoms. The minimum absolute atomic E-state index is 0.167. The number of ether oxygens (including phenoxy) is 2. The number of aliphatic hydroxyl groups is 1. The number of nitrogens with one attached hydrogen (secondary N) is 1. The molecule has 1 aromatic rings. The average molecular weight is 314 g/mol. The fraction of sp³-hybridized carbons (Fsp3) is 0.625. The van der Waals surface area contributed by atoms with Crippen LogP contribution in [-0.2, 0) is 6.54 Å². The van der Waals surface area contributed by atoms with Gasteiger partial charge in [-0.05, 0) is 36.0 Å². The highest BCUT2D eigenvalue weighted by molar-refractivity contribution is 6.32. The van der Waals surface area contributed by atoms with Gasteiger partial charge in [-0.25, -0.2) is 0 Å². The summed E-state index contributed by atoms with van der Waals surface area (Å²) in [6, 6.07) is 3.90. The highest BCUT2D eigenvalue weighted by Crippen LogP contribution is 2.38. The molecule has 0 aromatic heterocycles. The Hall–Kier alpha value is -0.970. The maximum atomic E-state index is 8.92.